The van der Waals surface area contributed by atoms with Gasteiger partial charge in [0.15, 0.2) is 22.8 Å². The Kier molecular flexibility index (Phi) is 12.1. The Balaban J connectivity index is 1.32. The van der Waals surface area contributed by atoms with Gasteiger partial charge < -0.3 is 35.6 Å². The molecule has 47 heavy (non-hydrogen) atoms. The van der Waals surface area contributed by atoms with E-state index in [-0.39, 0.29) is 35.1 Å². The maximum Gasteiger partial charge on any atom is 0.481 e. The minimum Gasteiger partial charge on any atom is -0.383 e. The summed E-state index contributed by atoms with van der Waals surface area (Å²) in [6.45, 7) is 2.82. The number of phosphoric acid groups is 3. The lowest BCUT2D eigenvalue weighted by Crippen LogP contribution is -2.46. The van der Waals surface area contributed by atoms with Crippen LogP contribution in [0.4, 0.5) is 5.82 Å². The summed E-state index contributed by atoms with van der Waals surface area (Å²) in [5.41, 5.74) is 4.65. The van der Waals surface area contributed by atoms with Crippen LogP contribution in [0.25, 0.3) is 11.2 Å². The molecule has 0 spiro atoms. The predicted molar refractivity (Wildman–Crippen MR) is 161 cm³/mol. The number of nitrogen functional groups attached to an aromatic ring is 1. The molecule has 2 aromatic rings. The maximum absolute atomic E-state index is 12.6. The van der Waals surface area contributed by atoms with E-state index in [2.05, 4.69) is 24.6 Å². The summed E-state index contributed by atoms with van der Waals surface area (Å²) in [6.07, 6.45) is -3.70. The monoisotopic (exact) mass is 748 g/mol. The number of anilines is 1. The minimum atomic E-state index is -5.40. The number of amides is 1. The summed E-state index contributed by atoms with van der Waals surface area (Å²) in [5.74, 6) is -0.202. The predicted octanol–water partition coefficient (Wildman–Crippen LogP) is 1.00. The Bertz CT molecular complexity index is 1610. The van der Waals surface area contributed by atoms with E-state index in [1.165, 1.54) is 24.7 Å². The van der Waals surface area contributed by atoms with Crippen molar-refractivity contribution >= 4 is 63.2 Å². The van der Waals surface area contributed by atoms with Gasteiger partial charge in [0, 0.05) is 24.1 Å². The molecule has 7 N–H and O–H groups in total. The number of carbonyl (C=O) groups is 2. The average Bonchev–Trinajstić information content (AvgIpc) is 3.64. The molecule has 0 saturated carbocycles. The number of hydrogen-bond donors (Lipinski definition) is 6. The van der Waals surface area contributed by atoms with Gasteiger partial charge in [-0.25, -0.2) is 28.6 Å². The number of nitrogens with two attached hydrogens (primary N) is 1. The van der Waals surface area contributed by atoms with Crippen LogP contribution in [-0.4, -0.2) is 100 Å². The first-order valence-electron chi connectivity index (χ1n) is 13.9. The van der Waals surface area contributed by atoms with Crippen molar-refractivity contribution < 1.29 is 70.2 Å². The third-order valence-corrected chi connectivity index (χ3v) is 11.5. The Morgan fingerprint density at radius 2 is 1.87 bits per heavy atom. The second kappa shape index (κ2) is 14.9. The lowest BCUT2D eigenvalue weighted by Gasteiger charge is -2.30. The Morgan fingerprint density at radius 3 is 2.57 bits per heavy atom. The van der Waals surface area contributed by atoms with Crippen molar-refractivity contribution in [2.75, 3.05) is 31.2 Å². The van der Waals surface area contributed by atoms with Crippen LogP contribution in [0.15, 0.2) is 12.7 Å². The van der Waals surface area contributed by atoms with E-state index in [0.29, 0.717) is 5.75 Å². The SMILES string of the molecule is CCCSC(=O)CCNC(=O)[C@H](O)C(C)(C)COP(=O)(O)OP(=O)(O)OC[C@H]1O[C@@H](n2cnc3c(N)ncnc32)[C@@H]2OP(=O)(O)O[C@@H]21. The highest BCUT2D eigenvalue weighted by atomic mass is 32.2. The third kappa shape index (κ3) is 9.64. The molecule has 264 valence electrons. The molecule has 0 bridgehead atoms. The number of nitrogens with one attached hydrogen (secondary N) is 1. The molecule has 2 aliphatic rings. The van der Waals surface area contributed by atoms with Crippen molar-refractivity contribution in [2.45, 2.75) is 64.3 Å². The molecular weight excluding hydrogens is 713 g/mol. The summed E-state index contributed by atoms with van der Waals surface area (Å²) in [7, 11) is -15.3. The standard InChI is InChI=1S/C22H35N6O15P3S/c1-4-7-47-13(29)5-6-24-20(31)17(30)22(2,3)9-39-45(34,35)43-44(32,33)38-8-12-15-16(42-46(36,37)41-15)21(40-12)28-11-27-14-18(23)25-10-26-19(14)28/h10-12,15-17,21,30H,4-9H2,1-3H3,(H,24,31)(H,32,33)(H,34,35)(H,36,37)(H2,23,25,26)/t12-,15-,16-,17+,21-/m1/s1. The average molecular weight is 749 g/mol. The third-order valence-electron chi connectivity index (χ3n) is 6.75. The molecule has 0 radical (unpaired) electrons. The second-order valence-corrected chi connectivity index (χ2v) is 16.6. The summed E-state index contributed by atoms with van der Waals surface area (Å²) in [5, 5.41) is 12.7. The van der Waals surface area contributed by atoms with Gasteiger partial charge in [0.25, 0.3) is 0 Å². The molecule has 4 heterocycles. The number of aliphatic hydroxyl groups excluding tert-OH is 1. The Hall–Kier alpha value is -1.87. The second-order valence-electron chi connectivity index (χ2n) is 11.0. The number of ether oxygens (including phenoxy) is 1. The highest BCUT2D eigenvalue weighted by Crippen LogP contribution is 2.62. The quantitative estimate of drug-likeness (QED) is 0.130. The maximum atomic E-state index is 12.6. The highest BCUT2D eigenvalue weighted by Gasteiger charge is 2.58. The number of imidazole rings is 1. The molecule has 25 heteroatoms. The van der Waals surface area contributed by atoms with E-state index in [1.807, 2.05) is 6.92 Å². The summed E-state index contributed by atoms with van der Waals surface area (Å²) in [6, 6.07) is 0. The van der Waals surface area contributed by atoms with Gasteiger partial charge in [-0.3, -0.25) is 32.3 Å². The number of aromatic nitrogens is 4. The van der Waals surface area contributed by atoms with E-state index in [4.69, 9.17) is 28.6 Å². The van der Waals surface area contributed by atoms with E-state index in [0.717, 1.165) is 24.5 Å². The van der Waals surface area contributed by atoms with E-state index < -0.39 is 78.6 Å². The Morgan fingerprint density at radius 1 is 1.19 bits per heavy atom. The van der Waals surface area contributed by atoms with E-state index in [1.54, 1.807) is 0 Å². The molecule has 2 aliphatic heterocycles. The van der Waals surface area contributed by atoms with Crippen LogP contribution in [0.5, 0.6) is 0 Å². The largest absolute Gasteiger partial charge is 0.481 e. The van der Waals surface area contributed by atoms with Crippen molar-refractivity contribution in [2.24, 2.45) is 5.41 Å². The molecule has 3 unspecified atom stereocenters. The number of thioether (sulfide) groups is 1. The highest BCUT2D eigenvalue weighted by molar-refractivity contribution is 8.13. The van der Waals surface area contributed by atoms with Crippen molar-refractivity contribution in [3.63, 3.8) is 0 Å². The molecule has 2 fully saturated rings. The molecule has 2 saturated heterocycles. The van der Waals surface area contributed by atoms with Crippen LogP contribution in [0, 0.1) is 5.41 Å². The molecule has 8 atom stereocenters. The first-order chi connectivity index (χ1) is 21.8. The fourth-order valence-corrected chi connectivity index (χ4v) is 8.47. The van der Waals surface area contributed by atoms with Gasteiger partial charge >= 0.3 is 23.5 Å². The lowest BCUT2D eigenvalue weighted by molar-refractivity contribution is -0.136. The molecule has 0 aromatic carbocycles. The molecular formula is C22H35N6O15P3S. The summed E-state index contributed by atoms with van der Waals surface area (Å²) >= 11 is 1.12. The van der Waals surface area contributed by atoms with Crippen LogP contribution in [0.2, 0.25) is 0 Å². The number of fused-ring (bicyclic) bond motifs is 2. The molecule has 0 aliphatic carbocycles. The number of phosphoric ester groups is 3. The zero-order chi connectivity index (χ0) is 34.8. The lowest BCUT2D eigenvalue weighted by atomic mass is 9.87. The summed E-state index contributed by atoms with van der Waals surface area (Å²) in [4.78, 5) is 66.3. The first-order valence-corrected chi connectivity index (χ1v) is 19.4. The molecule has 2 aromatic heterocycles. The van der Waals surface area contributed by atoms with E-state index in [9.17, 15) is 43.1 Å². The van der Waals surface area contributed by atoms with Gasteiger partial charge in [0.2, 0.25) is 5.91 Å². The fraction of sp³-hybridized carbons (Fsp3) is 0.682. The minimum absolute atomic E-state index is 0.0302. The smallest absolute Gasteiger partial charge is 0.383 e. The molecule has 1 amide bonds. The van der Waals surface area contributed by atoms with Crippen LogP contribution in [-0.2, 0) is 50.4 Å². The number of nitrogens with zero attached hydrogens (tertiary/aromatic N) is 4. The van der Waals surface area contributed by atoms with Crippen molar-refractivity contribution in [1.29, 1.82) is 0 Å². The Labute approximate surface area is 271 Å². The van der Waals surface area contributed by atoms with Gasteiger partial charge in [-0.2, -0.15) is 4.31 Å². The van der Waals surface area contributed by atoms with Gasteiger partial charge in [-0.15, -0.1) is 0 Å². The van der Waals surface area contributed by atoms with Crippen LogP contribution >= 0.6 is 35.2 Å². The molecule has 4 rings (SSSR count). The van der Waals surface area contributed by atoms with Crippen molar-refractivity contribution in [3.8, 4) is 0 Å². The van der Waals surface area contributed by atoms with Crippen LogP contribution in [0.1, 0.15) is 39.8 Å². The van der Waals surface area contributed by atoms with Gasteiger partial charge in [-0.1, -0.05) is 32.5 Å². The zero-order valence-corrected chi connectivity index (χ0v) is 28.7. The number of rotatable bonds is 16. The van der Waals surface area contributed by atoms with Crippen LogP contribution < -0.4 is 11.1 Å². The van der Waals surface area contributed by atoms with Crippen molar-refractivity contribution in [1.82, 2.24) is 24.8 Å². The fourth-order valence-electron chi connectivity index (χ4n) is 4.39. The van der Waals surface area contributed by atoms with Gasteiger partial charge in [-0.05, 0) is 6.42 Å². The molecule has 21 nitrogen and oxygen atoms in total. The topological polar surface area (TPSA) is 303 Å². The number of aliphatic hydroxyl groups is 1. The van der Waals surface area contributed by atoms with Crippen molar-refractivity contribution in [3.05, 3.63) is 12.7 Å². The van der Waals surface area contributed by atoms with Crippen LogP contribution in [0.3, 0.4) is 0 Å². The first kappa shape index (κ1) is 37.9. The van der Waals surface area contributed by atoms with Gasteiger partial charge in [0.1, 0.15) is 36.3 Å². The normalized spacial score (nSPS) is 27.6. The number of hydrogen-bond acceptors (Lipinski definition) is 17. The van der Waals surface area contributed by atoms with Gasteiger partial charge in [0.05, 0.1) is 19.5 Å². The summed E-state index contributed by atoms with van der Waals surface area (Å²) < 4.78 is 68.6. The van der Waals surface area contributed by atoms with E-state index >= 15 is 0 Å². The number of carbonyl (C=O) groups excluding carboxylic acids is 2. The zero-order valence-electron chi connectivity index (χ0n) is 25.2.